The molecule has 0 unspecified atom stereocenters. The van der Waals surface area contributed by atoms with Crippen molar-refractivity contribution < 1.29 is 32.2 Å². The Hall–Kier alpha value is -2.25. The second-order valence-electron chi connectivity index (χ2n) is 7.20. The number of benzene rings is 1. The van der Waals surface area contributed by atoms with Gasteiger partial charge in [0.15, 0.2) is 0 Å². The van der Waals surface area contributed by atoms with Crippen LogP contribution in [0.15, 0.2) is 24.3 Å². The van der Waals surface area contributed by atoms with Crippen molar-refractivity contribution in [3.63, 3.8) is 0 Å². The third kappa shape index (κ3) is 2.81. The van der Waals surface area contributed by atoms with Crippen LogP contribution in [0.1, 0.15) is 31.2 Å². The Morgan fingerprint density at radius 1 is 1.15 bits per heavy atom. The summed E-state index contributed by atoms with van der Waals surface area (Å²) in [6.07, 6.45) is -2.00. The minimum absolute atomic E-state index is 0.0805. The molecule has 8 heteroatoms. The van der Waals surface area contributed by atoms with E-state index in [9.17, 15) is 22.8 Å². The molecule has 0 aromatic heterocycles. The van der Waals surface area contributed by atoms with Gasteiger partial charge in [0.2, 0.25) is 5.91 Å². The number of ether oxygens (including phenoxy) is 2. The largest absolute Gasteiger partial charge is 0.573 e. The zero-order valence-electron chi connectivity index (χ0n) is 14.1. The number of hydrogen-bond acceptors (Lipinski definition) is 4. The van der Waals surface area contributed by atoms with Crippen molar-refractivity contribution in [2.45, 2.75) is 49.5 Å². The van der Waals surface area contributed by atoms with Crippen LogP contribution in [-0.2, 0) is 19.7 Å². The predicted molar refractivity (Wildman–Crippen MR) is 83.2 cm³/mol. The van der Waals surface area contributed by atoms with Gasteiger partial charge in [-0.05, 0) is 49.3 Å². The number of carbonyl (C=O) groups is 2. The molecule has 1 amide bonds. The van der Waals surface area contributed by atoms with Gasteiger partial charge in [-0.1, -0.05) is 12.1 Å². The van der Waals surface area contributed by atoms with E-state index in [4.69, 9.17) is 4.74 Å². The predicted octanol–water partition coefficient (Wildman–Crippen LogP) is 2.78. The molecule has 4 rings (SSSR count). The molecular weight excluding hydrogens is 351 g/mol. The van der Waals surface area contributed by atoms with Gasteiger partial charge < -0.3 is 14.4 Å². The number of alkyl halides is 3. The second kappa shape index (κ2) is 5.62. The van der Waals surface area contributed by atoms with E-state index in [1.165, 1.54) is 31.4 Å². The molecule has 3 atom stereocenters. The number of amides is 1. The van der Waals surface area contributed by atoms with Crippen LogP contribution in [-0.4, -0.2) is 42.3 Å². The summed E-state index contributed by atoms with van der Waals surface area (Å²) < 4.78 is 45.6. The van der Waals surface area contributed by atoms with Crippen molar-refractivity contribution in [3.8, 4) is 5.75 Å². The summed E-state index contributed by atoms with van der Waals surface area (Å²) in [6.45, 7) is 0. The van der Waals surface area contributed by atoms with Gasteiger partial charge >= 0.3 is 12.3 Å². The molecule has 2 saturated carbocycles. The number of likely N-dealkylation sites (tertiary alicyclic amines) is 1. The maximum atomic E-state index is 13.2. The third-order valence-corrected chi connectivity index (χ3v) is 5.61. The minimum atomic E-state index is -4.75. The van der Waals surface area contributed by atoms with E-state index >= 15 is 0 Å². The molecule has 1 aromatic rings. The molecule has 1 heterocycles. The van der Waals surface area contributed by atoms with Gasteiger partial charge in [-0.15, -0.1) is 13.2 Å². The first kappa shape index (κ1) is 17.2. The average molecular weight is 369 g/mol. The van der Waals surface area contributed by atoms with Crippen molar-refractivity contribution in [2.24, 2.45) is 5.92 Å². The quantitative estimate of drug-likeness (QED) is 0.766. The van der Waals surface area contributed by atoms with E-state index in [0.29, 0.717) is 30.7 Å². The second-order valence-corrected chi connectivity index (χ2v) is 7.20. The number of esters is 1. The fourth-order valence-electron chi connectivity index (χ4n) is 4.07. The number of nitrogens with zero attached hydrogens (tertiary/aromatic N) is 1. The molecule has 26 heavy (non-hydrogen) atoms. The highest BCUT2D eigenvalue weighted by Gasteiger charge is 2.62. The molecule has 0 N–H and O–H groups in total. The number of halogens is 3. The monoisotopic (exact) mass is 369 g/mol. The third-order valence-electron chi connectivity index (χ3n) is 5.61. The molecule has 1 saturated heterocycles. The molecule has 0 bridgehead atoms. The summed E-state index contributed by atoms with van der Waals surface area (Å²) in [6, 6.07) is 4.97. The molecular formula is C18H18F3NO4. The summed E-state index contributed by atoms with van der Waals surface area (Å²) in [5.41, 5.74) is -0.0923. The molecule has 140 valence electrons. The highest BCUT2D eigenvalue weighted by atomic mass is 19.4. The summed E-state index contributed by atoms with van der Waals surface area (Å²) in [5.74, 6) is -0.501. The maximum Gasteiger partial charge on any atom is 0.573 e. The van der Waals surface area contributed by atoms with Crippen LogP contribution in [0.2, 0.25) is 0 Å². The average Bonchev–Trinajstić information content (AvgIpc) is 3.50. The van der Waals surface area contributed by atoms with Gasteiger partial charge in [-0.2, -0.15) is 0 Å². The first-order chi connectivity index (χ1) is 12.2. The van der Waals surface area contributed by atoms with Crippen LogP contribution in [0.25, 0.3) is 0 Å². The van der Waals surface area contributed by atoms with Gasteiger partial charge in [-0.3, -0.25) is 4.79 Å². The lowest BCUT2D eigenvalue weighted by molar-refractivity contribution is -0.274. The maximum absolute atomic E-state index is 13.2. The van der Waals surface area contributed by atoms with Crippen molar-refractivity contribution in [1.82, 2.24) is 4.90 Å². The van der Waals surface area contributed by atoms with Gasteiger partial charge in [0.1, 0.15) is 11.8 Å². The first-order valence-corrected chi connectivity index (χ1v) is 8.52. The van der Waals surface area contributed by atoms with Crippen LogP contribution < -0.4 is 4.74 Å². The summed E-state index contributed by atoms with van der Waals surface area (Å²) in [7, 11) is 1.31. The lowest BCUT2D eigenvalue weighted by atomic mass is 9.93. The van der Waals surface area contributed by atoms with Gasteiger partial charge in [-0.25, -0.2) is 4.79 Å². The molecule has 2 aliphatic carbocycles. The summed E-state index contributed by atoms with van der Waals surface area (Å²) >= 11 is 0. The first-order valence-electron chi connectivity index (χ1n) is 8.52. The molecule has 1 aromatic carbocycles. The number of methoxy groups -OCH3 is 1. The highest BCUT2D eigenvalue weighted by Crippen LogP contribution is 2.55. The molecule has 0 radical (unpaired) electrons. The number of fused-ring (bicyclic) bond motifs is 1. The molecule has 3 fully saturated rings. The standard InChI is InChI=1S/C18H18F3NO4/c1-25-15(23)14-9-10-8-13(10)22(14)16(24)17(6-7-17)11-2-4-12(5-3-11)26-18(19,20)21/h2-5,10,13-14H,6-9H2,1H3/t10-,13-,14+/m1/s1. The van der Waals surface area contributed by atoms with Crippen molar-refractivity contribution >= 4 is 11.9 Å². The number of carbonyl (C=O) groups excluding carboxylic acids is 2. The van der Waals surface area contributed by atoms with E-state index in [1.54, 1.807) is 4.90 Å². The van der Waals surface area contributed by atoms with Crippen molar-refractivity contribution in [2.75, 3.05) is 7.11 Å². The number of piperidine rings is 1. The number of rotatable bonds is 4. The Labute approximate surface area is 148 Å². The Morgan fingerprint density at radius 3 is 2.35 bits per heavy atom. The van der Waals surface area contributed by atoms with Crippen LogP contribution in [0.4, 0.5) is 13.2 Å². The lowest BCUT2D eigenvalue weighted by Gasteiger charge is -2.30. The fourth-order valence-corrected chi connectivity index (χ4v) is 4.07. The Bertz CT molecular complexity index is 742. The normalized spacial score (nSPS) is 28.3. The van der Waals surface area contributed by atoms with Crippen LogP contribution in [0.5, 0.6) is 5.75 Å². The molecule has 3 aliphatic rings. The topological polar surface area (TPSA) is 55.8 Å². The van der Waals surface area contributed by atoms with Gasteiger partial charge in [0, 0.05) is 6.04 Å². The van der Waals surface area contributed by atoms with Crippen LogP contribution in [0, 0.1) is 5.92 Å². The van der Waals surface area contributed by atoms with Crippen LogP contribution in [0.3, 0.4) is 0 Å². The number of hydrogen-bond donors (Lipinski definition) is 0. The summed E-state index contributed by atoms with van der Waals surface area (Å²) in [4.78, 5) is 26.9. The van der Waals surface area contributed by atoms with Crippen molar-refractivity contribution in [1.29, 1.82) is 0 Å². The SMILES string of the molecule is COC(=O)[C@@H]1C[C@H]2C[C@H]2N1C(=O)C1(c2ccc(OC(F)(F)F)cc2)CC1. The zero-order valence-corrected chi connectivity index (χ0v) is 14.1. The molecule has 0 spiro atoms. The Kier molecular flexibility index (Phi) is 3.71. The van der Waals surface area contributed by atoms with Gasteiger partial charge in [0.25, 0.3) is 0 Å². The van der Waals surface area contributed by atoms with E-state index < -0.39 is 23.8 Å². The van der Waals surface area contributed by atoms with Crippen LogP contribution >= 0.6 is 0 Å². The molecule has 1 aliphatic heterocycles. The fraction of sp³-hybridized carbons (Fsp3) is 0.556. The minimum Gasteiger partial charge on any atom is -0.467 e. The lowest BCUT2D eigenvalue weighted by Crippen LogP contribution is -2.48. The van der Waals surface area contributed by atoms with E-state index in [-0.39, 0.29) is 17.7 Å². The van der Waals surface area contributed by atoms with Gasteiger partial charge in [0.05, 0.1) is 12.5 Å². The van der Waals surface area contributed by atoms with E-state index in [1.807, 2.05) is 0 Å². The Morgan fingerprint density at radius 2 is 1.81 bits per heavy atom. The van der Waals surface area contributed by atoms with Crippen molar-refractivity contribution in [3.05, 3.63) is 29.8 Å². The highest BCUT2D eigenvalue weighted by molar-refractivity contribution is 5.95. The van der Waals surface area contributed by atoms with E-state index in [0.717, 1.165) is 6.42 Å². The zero-order chi connectivity index (χ0) is 18.7. The smallest absolute Gasteiger partial charge is 0.467 e. The molecule has 5 nitrogen and oxygen atoms in total. The van der Waals surface area contributed by atoms with E-state index in [2.05, 4.69) is 4.74 Å². The Balaban J connectivity index is 1.55. The summed E-state index contributed by atoms with van der Waals surface area (Å²) in [5, 5.41) is 0.